The number of likely N-dealkylation sites (tertiary alicyclic amines) is 1. The summed E-state index contributed by atoms with van der Waals surface area (Å²) >= 11 is 3.35. The molecule has 1 atom stereocenters. The molecular weight excluding hydrogens is 346 g/mol. The second-order valence-electron chi connectivity index (χ2n) is 6.75. The van der Waals surface area contributed by atoms with Crippen molar-refractivity contribution in [2.45, 2.75) is 26.4 Å². The van der Waals surface area contributed by atoms with Gasteiger partial charge in [0, 0.05) is 31.8 Å². The summed E-state index contributed by atoms with van der Waals surface area (Å²) in [7, 11) is 0. The highest BCUT2D eigenvalue weighted by Crippen LogP contribution is 2.33. The Morgan fingerprint density at radius 3 is 2.73 bits per heavy atom. The maximum atomic E-state index is 12.1. The largest absolute Gasteiger partial charge is 0.444 e. The fraction of sp³-hybridized carbons (Fsp3) is 0.500. The zero-order valence-corrected chi connectivity index (χ0v) is 14.6. The summed E-state index contributed by atoms with van der Waals surface area (Å²) in [6.07, 6.45) is 3.77. The molecule has 22 heavy (non-hydrogen) atoms. The molecule has 1 unspecified atom stereocenters. The molecule has 2 aliphatic heterocycles. The third-order valence-electron chi connectivity index (χ3n) is 3.77. The fourth-order valence-electron chi connectivity index (χ4n) is 2.79. The number of fused-ring (bicyclic) bond motifs is 1. The van der Waals surface area contributed by atoms with Crippen LogP contribution in [0.2, 0.25) is 0 Å². The zero-order chi connectivity index (χ0) is 15.9. The SMILES string of the molecule is CC(C)(C)OC(=O)N1CC2=CN(c3ccc(Br)nc3)CC2C1. The number of amides is 1. The smallest absolute Gasteiger partial charge is 0.410 e. The van der Waals surface area contributed by atoms with Crippen molar-refractivity contribution in [3.05, 3.63) is 34.7 Å². The number of anilines is 1. The van der Waals surface area contributed by atoms with Gasteiger partial charge in [0.1, 0.15) is 10.2 Å². The monoisotopic (exact) mass is 365 g/mol. The first-order valence-corrected chi connectivity index (χ1v) is 8.18. The third-order valence-corrected chi connectivity index (χ3v) is 4.24. The maximum Gasteiger partial charge on any atom is 0.410 e. The molecule has 0 aromatic carbocycles. The van der Waals surface area contributed by atoms with Crippen LogP contribution in [-0.2, 0) is 4.74 Å². The second kappa shape index (κ2) is 5.57. The molecule has 0 bridgehead atoms. The maximum absolute atomic E-state index is 12.1. The van der Waals surface area contributed by atoms with Crippen LogP contribution in [0.5, 0.6) is 0 Å². The number of halogens is 1. The van der Waals surface area contributed by atoms with Gasteiger partial charge >= 0.3 is 6.09 Å². The lowest BCUT2D eigenvalue weighted by molar-refractivity contribution is 0.0291. The van der Waals surface area contributed by atoms with Crippen LogP contribution >= 0.6 is 15.9 Å². The van der Waals surface area contributed by atoms with Crippen LogP contribution in [0.15, 0.2) is 34.7 Å². The van der Waals surface area contributed by atoms with Crippen LogP contribution in [0.4, 0.5) is 10.5 Å². The van der Waals surface area contributed by atoms with E-state index in [1.807, 2.05) is 39.1 Å². The Hall–Kier alpha value is -1.56. The minimum Gasteiger partial charge on any atom is -0.444 e. The number of carbonyl (C=O) groups excluding carboxylic acids is 1. The van der Waals surface area contributed by atoms with E-state index >= 15 is 0 Å². The van der Waals surface area contributed by atoms with E-state index in [0.29, 0.717) is 12.5 Å². The first-order chi connectivity index (χ1) is 10.3. The molecular formula is C16H20BrN3O2. The Balaban J connectivity index is 1.66. The second-order valence-corrected chi connectivity index (χ2v) is 7.57. The number of aromatic nitrogens is 1. The Morgan fingerprint density at radius 1 is 1.36 bits per heavy atom. The molecule has 2 aliphatic rings. The number of carbonyl (C=O) groups is 1. The highest BCUT2D eigenvalue weighted by Gasteiger charge is 2.37. The molecule has 118 valence electrons. The average Bonchev–Trinajstić information content (AvgIpc) is 2.95. The number of rotatable bonds is 1. The van der Waals surface area contributed by atoms with Gasteiger partial charge in [0.2, 0.25) is 0 Å². The molecule has 0 spiro atoms. The molecule has 6 heteroatoms. The van der Waals surface area contributed by atoms with Crippen molar-refractivity contribution in [3.8, 4) is 0 Å². The number of hydrogen-bond donors (Lipinski definition) is 0. The predicted octanol–water partition coefficient (Wildman–Crippen LogP) is 3.41. The van der Waals surface area contributed by atoms with Gasteiger partial charge in [-0.2, -0.15) is 0 Å². The van der Waals surface area contributed by atoms with Crippen molar-refractivity contribution in [1.82, 2.24) is 9.88 Å². The van der Waals surface area contributed by atoms with Crippen molar-refractivity contribution in [1.29, 1.82) is 0 Å². The Kier molecular flexibility index (Phi) is 3.89. The van der Waals surface area contributed by atoms with Gasteiger partial charge in [-0.25, -0.2) is 9.78 Å². The van der Waals surface area contributed by atoms with E-state index in [-0.39, 0.29) is 6.09 Å². The summed E-state index contributed by atoms with van der Waals surface area (Å²) in [5.74, 6) is 0.385. The lowest BCUT2D eigenvalue weighted by atomic mass is 10.1. The Labute approximate surface area is 139 Å². The lowest BCUT2D eigenvalue weighted by Gasteiger charge is -2.25. The lowest BCUT2D eigenvalue weighted by Crippen LogP contribution is -2.36. The van der Waals surface area contributed by atoms with Gasteiger partial charge in [0.15, 0.2) is 0 Å². The predicted molar refractivity (Wildman–Crippen MR) is 88.7 cm³/mol. The van der Waals surface area contributed by atoms with Crippen molar-refractivity contribution < 1.29 is 9.53 Å². The van der Waals surface area contributed by atoms with Gasteiger partial charge in [-0.3, -0.25) is 0 Å². The zero-order valence-electron chi connectivity index (χ0n) is 13.0. The standard InChI is InChI=1S/C16H20BrN3O2/c1-16(2,3)22-15(21)20-9-11-7-19(8-12(11)10-20)13-4-5-14(17)18-6-13/h4-7,12H,8-10H2,1-3H3. The topological polar surface area (TPSA) is 45.7 Å². The molecule has 0 aliphatic carbocycles. The normalized spacial score (nSPS) is 20.9. The van der Waals surface area contributed by atoms with Crippen LogP contribution in [-0.4, -0.2) is 41.2 Å². The summed E-state index contributed by atoms with van der Waals surface area (Å²) < 4.78 is 6.28. The van der Waals surface area contributed by atoms with Crippen molar-refractivity contribution in [2.75, 3.05) is 24.5 Å². The number of ether oxygens (including phenoxy) is 1. The van der Waals surface area contributed by atoms with E-state index in [4.69, 9.17) is 4.74 Å². The van der Waals surface area contributed by atoms with Gasteiger partial charge in [-0.1, -0.05) is 0 Å². The van der Waals surface area contributed by atoms with Crippen LogP contribution in [0.1, 0.15) is 20.8 Å². The molecule has 1 aromatic heterocycles. The first kappa shape index (κ1) is 15.3. The molecule has 1 fully saturated rings. The molecule has 0 N–H and O–H groups in total. The van der Waals surface area contributed by atoms with Crippen LogP contribution in [0, 0.1) is 5.92 Å². The molecule has 1 aromatic rings. The van der Waals surface area contributed by atoms with E-state index in [2.05, 4.69) is 32.0 Å². The quantitative estimate of drug-likeness (QED) is 0.715. The van der Waals surface area contributed by atoms with Crippen LogP contribution < -0.4 is 4.90 Å². The highest BCUT2D eigenvalue weighted by molar-refractivity contribution is 9.10. The van der Waals surface area contributed by atoms with E-state index in [1.165, 1.54) is 5.57 Å². The average molecular weight is 366 g/mol. The number of nitrogens with zero attached hydrogens (tertiary/aromatic N) is 3. The molecule has 5 nitrogen and oxygen atoms in total. The van der Waals surface area contributed by atoms with Crippen molar-refractivity contribution in [3.63, 3.8) is 0 Å². The minimum atomic E-state index is -0.446. The Morgan fingerprint density at radius 2 is 2.14 bits per heavy atom. The molecule has 1 saturated heterocycles. The van der Waals surface area contributed by atoms with E-state index in [9.17, 15) is 4.79 Å². The Bertz CT molecular complexity index is 607. The van der Waals surface area contributed by atoms with Gasteiger partial charge in [-0.15, -0.1) is 0 Å². The fourth-order valence-corrected chi connectivity index (χ4v) is 3.03. The van der Waals surface area contributed by atoms with E-state index in [0.717, 1.165) is 23.4 Å². The summed E-state index contributed by atoms with van der Waals surface area (Å²) in [6.45, 7) is 7.94. The summed E-state index contributed by atoms with van der Waals surface area (Å²) in [6, 6.07) is 3.98. The number of hydrogen-bond acceptors (Lipinski definition) is 4. The molecule has 0 saturated carbocycles. The van der Waals surface area contributed by atoms with Gasteiger partial charge in [0.25, 0.3) is 0 Å². The van der Waals surface area contributed by atoms with Crippen LogP contribution in [0.25, 0.3) is 0 Å². The minimum absolute atomic E-state index is 0.223. The van der Waals surface area contributed by atoms with Gasteiger partial charge in [-0.05, 0) is 54.4 Å². The summed E-state index contributed by atoms with van der Waals surface area (Å²) in [5.41, 5.74) is 1.92. The summed E-state index contributed by atoms with van der Waals surface area (Å²) in [5, 5.41) is 0. The van der Waals surface area contributed by atoms with Gasteiger partial charge in [0.05, 0.1) is 11.9 Å². The van der Waals surface area contributed by atoms with E-state index < -0.39 is 5.60 Å². The van der Waals surface area contributed by atoms with E-state index in [1.54, 1.807) is 4.90 Å². The van der Waals surface area contributed by atoms with Gasteiger partial charge < -0.3 is 14.5 Å². The number of pyridine rings is 1. The highest BCUT2D eigenvalue weighted by atomic mass is 79.9. The molecule has 3 rings (SSSR count). The van der Waals surface area contributed by atoms with Crippen molar-refractivity contribution >= 4 is 27.7 Å². The van der Waals surface area contributed by atoms with Crippen molar-refractivity contribution in [2.24, 2.45) is 5.92 Å². The molecule has 0 radical (unpaired) electrons. The third kappa shape index (κ3) is 3.27. The molecule has 3 heterocycles. The summed E-state index contributed by atoms with van der Waals surface area (Å²) in [4.78, 5) is 20.4. The van der Waals surface area contributed by atoms with Crippen LogP contribution in [0.3, 0.4) is 0 Å². The molecule has 1 amide bonds. The first-order valence-electron chi connectivity index (χ1n) is 7.38.